The van der Waals surface area contributed by atoms with Crippen molar-refractivity contribution in [3.05, 3.63) is 69.3 Å². The number of amides is 2. The van der Waals surface area contributed by atoms with Gasteiger partial charge in [0.25, 0.3) is 11.8 Å². The van der Waals surface area contributed by atoms with Crippen LogP contribution in [0.15, 0.2) is 60.2 Å². The van der Waals surface area contributed by atoms with Gasteiger partial charge in [-0.1, -0.05) is 30.3 Å². The minimum Gasteiger partial charge on any atom is -0.267 e. The molecule has 0 radical (unpaired) electrons. The highest BCUT2D eigenvalue weighted by Gasteiger charge is 2.34. The molecule has 21 heavy (non-hydrogen) atoms. The number of para-hydroxylation sites is 1. The zero-order chi connectivity index (χ0) is 14.8. The monoisotopic (exact) mass is 390 g/mol. The Hall–Kier alpha value is -2.15. The molecule has 0 spiro atoms. The van der Waals surface area contributed by atoms with E-state index in [2.05, 4.69) is 28.0 Å². The van der Waals surface area contributed by atoms with E-state index in [0.29, 0.717) is 5.69 Å². The number of carbonyl (C=O) groups excluding carboxylic acids is 2. The second kappa shape index (κ2) is 5.69. The van der Waals surface area contributed by atoms with Gasteiger partial charge in [0.2, 0.25) is 0 Å². The van der Waals surface area contributed by atoms with Gasteiger partial charge in [-0.25, -0.2) is 5.01 Å². The van der Waals surface area contributed by atoms with Crippen molar-refractivity contribution in [1.82, 2.24) is 5.43 Å². The minimum absolute atomic E-state index is 0.140. The molecule has 1 heterocycles. The van der Waals surface area contributed by atoms with Crippen LogP contribution >= 0.6 is 22.6 Å². The topological polar surface area (TPSA) is 49.4 Å². The van der Waals surface area contributed by atoms with Crippen molar-refractivity contribution in [3.63, 3.8) is 0 Å². The molecule has 1 fully saturated rings. The van der Waals surface area contributed by atoms with Gasteiger partial charge in [-0.3, -0.25) is 15.0 Å². The summed E-state index contributed by atoms with van der Waals surface area (Å²) in [6, 6.07) is 16.6. The molecule has 2 aromatic carbocycles. The summed E-state index contributed by atoms with van der Waals surface area (Å²) in [6.07, 6.45) is 1.61. The summed E-state index contributed by atoms with van der Waals surface area (Å²) in [7, 11) is 0. The van der Waals surface area contributed by atoms with E-state index in [4.69, 9.17) is 0 Å². The summed E-state index contributed by atoms with van der Waals surface area (Å²) in [6.45, 7) is 0. The quantitative estimate of drug-likeness (QED) is 0.487. The van der Waals surface area contributed by atoms with E-state index in [1.54, 1.807) is 18.2 Å². The lowest BCUT2D eigenvalue weighted by Crippen LogP contribution is -2.35. The Labute approximate surface area is 135 Å². The number of hydrazine groups is 1. The van der Waals surface area contributed by atoms with Crippen LogP contribution in [0.1, 0.15) is 5.56 Å². The Bertz CT molecular complexity index is 741. The van der Waals surface area contributed by atoms with Gasteiger partial charge in [0.1, 0.15) is 5.57 Å². The number of carbonyl (C=O) groups is 2. The van der Waals surface area contributed by atoms with Crippen LogP contribution in [0.4, 0.5) is 5.69 Å². The molecule has 0 atom stereocenters. The van der Waals surface area contributed by atoms with E-state index >= 15 is 0 Å². The Morgan fingerprint density at radius 3 is 2.48 bits per heavy atom. The number of nitrogens with one attached hydrogen (secondary N) is 1. The molecule has 4 nitrogen and oxygen atoms in total. The molecule has 0 aliphatic carbocycles. The van der Waals surface area contributed by atoms with Crippen LogP contribution in [0, 0.1) is 3.57 Å². The molecule has 2 aromatic rings. The van der Waals surface area contributed by atoms with Gasteiger partial charge in [0.05, 0.1) is 5.69 Å². The van der Waals surface area contributed by atoms with Crippen LogP contribution in [0.3, 0.4) is 0 Å². The lowest BCUT2D eigenvalue weighted by atomic mass is 10.1. The highest BCUT2D eigenvalue weighted by molar-refractivity contribution is 14.1. The molecule has 5 heteroatoms. The zero-order valence-electron chi connectivity index (χ0n) is 10.9. The van der Waals surface area contributed by atoms with Crippen molar-refractivity contribution in [3.8, 4) is 0 Å². The first-order valence-corrected chi connectivity index (χ1v) is 7.41. The third-order valence-corrected chi connectivity index (χ3v) is 3.74. The molecule has 0 unspecified atom stereocenters. The normalized spacial score (nSPS) is 16.4. The molecule has 0 aromatic heterocycles. The molecule has 1 N–H and O–H groups in total. The van der Waals surface area contributed by atoms with Crippen LogP contribution in [0.5, 0.6) is 0 Å². The molecule has 3 rings (SSSR count). The molecule has 1 aliphatic heterocycles. The highest BCUT2D eigenvalue weighted by atomic mass is 127. The van der Waals surface area contributed by atoms with E-state index in [0.717, 1.165) is 9.13 Å². The first-order valence-electron chi connectivity index (χ1n) is 6.33. The fraction of sp³-hybridized carbons (Fsp3) is 0. The minimum atomic E-state index is -0.386. The lowest BCUT2D eigenvalue weighted by molar-refractivity contribution is -0.117. The Balaban J connectivity index is 1.94. The highest BCUT2D eigenvalue weighted by Crippen LogP contribution is 2.21. The van der Waals surface area contributed by atoms with Crippen molar-refractivity contribution in [1.29, 1.82) is 0 Å². The third-order valence-electron chi connectivity index (χ3n) is 3.07. The van der Waals surface area contributed by atoms with Crippen LogP contribution in [-0.4, -0.2) is 11.8 Å². The van der Waals surface area contributed by atoms with Crippen molar-refractivity contribution in [2.24, 2.45) is 0 Å². The number of nitrogens with zero attached hydrogens (tertiary/aromatic N) is 1. The Morgan fingerprint density at radius 2 is 1.76 bits per heavy atom. The summed E-state index contributed by atoms with van der Waals surface area (Å²) in [4.78, 5) is 24.4. The largest absolute Gasteiger partial charge is 0.282 e. The standard InChI is InChI=1S/C16H11IN2O2/c17-12-6-4-5-11(9-12)10-14-15(20)18-19(16(14)21)13-7-2-1-3-8-13/h1-10H,(H,18,20)/b14-10+. The van der Waals surface area contributed by atoms with Crippen molar-refractivity contribution in [2.75, 3.05) is 5.01 Å². The molecular formula is C16H11IN2O2. The van der Waals surface area contributed by atoms with E-state index in [-0.39, 0.29) is 17.4 Å². The van der Waals surface area contributed by atoms with E-state index in [1.165, 1.54) is 5.01 Å². The van der Waals surface area contributed by atoms with Gasteiger partial charge >= 0.3 is 0 Å². The van der Waals surface area contributed by atoms with Gasteiger partial charge in [0, 0.05) is 3.57 Å². The van der Waals surface area contributed by atoms with Gasteiger partial charge in [0.15, 0.2) is 0 Å². The van der Waals surface area contributed by atoms with Crippen molar-refractivity contribution in [2.45, 2.75) is 0 Å². The fourth-order valence-electron chi connectivity index (χ4n) is 2.08. The first-order chi connectivity index (χ1) is 10.1. The third kappa shape index (κ3) is 2.82. The van der Waals surface area contributed by atoms with Gasteiger partial charge in [-0.2, -0.15) is 0 Å². The van der Waals surface area contributed by atoms with Crippen LogP contribution in [0.25, 0.3) is 6.08 Å². The van der Waals surface area contributed by atoms with Gasteiger partial charge in [-0.05, 0) is 58.5 Å². The number of benzene rings is 2. The second-order valence-electron chi connectivity index (χ2n) is 4.53. The number of hydrogen-bond acceptors (Lipinski definition) is 2. The maximum Gasteiger partial charge on any atom is 0.282 e. The van der Waals surface area contributed by atoms with Crippen LogP contribution in [0.2, 0.25) is 0 Å². The maximum atomic E-state index is 12.4. The molecule has 1 saturated heterocycles. The molecule has 0 bridgehead atoms. The average Bonchev–Trinajstić information content (AvgIpc) is 2.76. The van der Waals surface area contributed by atoms with E-state index in [9.17, 15) is 9.59 Å². The van der Waals surface area contributed by atoms with E-state index < -0.39 is 0 Å². The van der Waals surface area contributed by atoms with E-state index in [1.807, 2.05) is 42.5 Å². The molecule has 1 aliphatic rings. The Kier molecular flexibility index (Phi) is 3.74. The molecule has 0 saturated carbocycles. The fourth-order valence-corrected chi connectivity index (χ4v) is 2.65. The predicted octanol–water partition coefficient (Wildman–Crippen LogP) is 2.75. The number of rotatable bonds is 2. The smallest absolute Gasteiger partial charge is 0.267 e. The van der Waals surface area contributed by atoms with Crippen LogP contribution < -0.4 is 10.4 Å². The SMILES string of the molecule is O=C1NN(c2ccccc2)C(=O)/C1=C/c1cccc(I)c1. The summed E-state index contributed by atoms with van der Waals surface area (Å²) >= 11 is 2.19. The maximum absolute atomic E-state index is 12.4. The van der Waals surface area contributed by atoms with Crippen molar-refractivity contribution >= 4 is 46.2 Å². The second-order valence-corrected chi connectivity index (χ2v) is 5.78. The zero-order valence-corrected chi connectivity index (χ0v) is 13.1. The predicted molar refractivity (Wildman–Crippen MR) is 89.2 cm³/mol. The summed E-state index contributed by atoms with van der Waals surface area (Å²) in [5, 5.41) is 1.27. The number of hydrogen-bond donors (Lipinski definition) is 1. The Morgan fingerprint density at radius 1 is 1.00 bits per heavy atom. The van der Waals surface area contributed by atoms with Gasteiger partial charge in [-0.15, -0.1) is 0 Å². The summed E-state index contributed by atoms with van der Waals surface area (Å²) < 4.78 is 1.05. The summed E-state index contributed by atoms with van der Waals surface area (Å²) in [5.41, 5.74) is 4.19. The van der Waals surface area contributed by atoms with Gasteiger partial charge < -0.3 is 0 Å². The van der Waals surface area contributed by atoms with Crippen LogP contribution in [-0.2, 0) is 9.59 Å². The number of halogens is 1. The number of anilines is 1. The lowest BCUT2D eigenvalue weighted by Gasteiger charge is -2.13. The molecular weight excluding hydrogens is 379 g/mol. The summed E-state index contributed by atoms with van der Waals surface area (Å²) in [5.74, 6) is -0.729. The average molecular weight is 390 g/mol. The van der Waals surface area contributed by atoms with Crippen molar-refractivity contribution < 1.29 is 9.59 Å². The molecule has 2 amide bonds. The molecule has 104 valence electrons. The first kappa shape index (κ1) is 13.8.